The molecule has 1 aromatic rings. The van der Waals surface area contributed by atoms with Crippen molar-refractivity contribution in [2.45, 2.75) is 32.0 Å². The van der Waals surface area contributed by atoms with Crippen molar-refractivity contribution in [2.24, 2.45) is 0 Å². The molecule has 0 saturated carbocycles. The zero-order chi connectivity index (χ0) is 17.3. The normalized spacial score (nSPS) is 12.7. The van der Waals surface area contributed by atoms with Crippen molar-refractivity contribution in [1.29, 1.82) is 0 Å². The number of halogens is 1. The Kier molecular flexibility index (Phi) is 8.23. The molecule has 23 heavy (non-hydrogen) atoms. The highest BCUT2D eigenvalue weighted by Crippen LogP contribution is 2.53. The third kappa shape index (κ3) is 6.29. The molecule has 0 aromatic heterocycles. The Morgan fingerprint density at radius 3 is 2.35 bits per heavy atom. The quantitative estimate of drug-likeness (QED) is 0.364. The van der Waals surface area contributed by atoms with E-state index in [-0.39, 0.29) is 18.8 Å². The predicted molar refractivity (Wildman–Crippen MR) is 82.9 cm³/mol. The molecule has 1 rings (SSSR count). The number of ether oxygens (including phenoxy) is 2. The molecular weight excluding hydrogens is 326 g/mol. The van der Waals surface area contributed by atoms with Gasteiger partial charge in [-0.1, -0.05) is 6.92 Å². The van der Waals surface area contributed by atoms with Crippen LogP contribution in [0, 0.1) is 5.82 Å². The van der Waals surface area contributed by atoms with Gasteiger partial charge in [0.2, 0.25) is 5.85 Å². The first-order chi connectivity index (χ1) is 10.9. The Balaban J connectivity index is 2.35. The van der Waals surface area contributed by atoms with Crippen LogP contribution in [0.15, 0.2) is 24.3 Å². The fraction of sp³-hybridized carbons (Fsp3) is 0.533. The second kappa shape index (κ2) is 9.65. The van der Waals surface area contributed by atoms with E-state index < -0.39 is 19.4 Å². The number of esters is 1. The number of hydrogen-bond donors (Lipinski definition) is 0. The van der Waals surface area contributed by atoms with Crippen molar-refractivity contribution in [3.05, 3.63) is 30.1 Å². The lowest BCUT2D eigenvalue weighted by Gasteiger charge is -2.23. The molecule has 0 aliphatic heterocycles. The summed E-state index contributed by atoms with van der Waals surface area (Å²) in [6.45, 7) is 2.00. The minimum absolute atomic E-state index is 0.102. The number of carbonyl (C=O) groups excluding carboxylic acids is 1. The van der Waals surface area contributed by atoms with Crippen LogP contribution in [0.5, 0.6) is 5.75 Å². The Morgan fingerprint density at radius 1 is 1.22 bits per heavy atom. The molecule has 1 aromatic carbocycles. The highest BCUT2D eigenvalue weighted by Gasteiger charge is 2.35. The average Bonchev–Trinajstić information content (AvgIpc) is 2.57. The van der Waals surface area contributed by atoms with E-state index in [1.54, 1.807) is 6.92 Å². The number of hydrogen-bond acceptors (Lipinski definition) is 6. The standard InChI is InChI=1S/C15H22FO6P/c1-4-15(23(18,19-2)20-3)22-14(17)6-5-11-21-13-9-7-12(16)8-10-13/h7-10,15H,4-6,11H2,1-3H3. The van der Waals surface area contributed by atoms with Crippen molar-refractivity contribution < 1.29 is 32.3 Å². The molecule has 0 spiro atoms. The SMILES string of the molecule is CCC(OC(=O)CCCOc1ccc(F)cc1)P(=O)(OC)OC. The van der Waals surface area contributed by atoms with Crippen LogP contribution in [-0.2, 0) is 23.1 Å². The summed E-state index contributed by atoms with van der Waals surface area (Å²) in [5.41, 5.74) is 0. The number of rotatable bonds is 10. The van der Waals surface area contributed by atoms with Gasteiger partial charge in [0.25, 0.3) is 0 Å². The summed E-state index contributed by atoms with van der Waals surface area (Å²) < 4.78 is 45.1. The summed E-state index contributed by atoms with van der Waals surface area (Å²) in [5.74, 6) is -1.25. The molecule has 0 bridgehead atoms. The van der Waals surface area contributed by atoms with Crippen molar-refractivity contribution in [3.8, 4) is 5.75 Å². The minimum atomic E-state index is -3.45. The van der Waals surface area contributed by atoms with E-state index in [0.29, 0.717) is 18.6 Å². The number of carbonyl (C=O) groups is 1. The highest BCUT2D eigenvalue weighted by atomic mass is 31.2. The molecule has 0 amide bonds. The van der Waals surface area contributed by atoms with Gasteiger partial charge in [0.1, 0.15) is 11.6 Å². The molecule has 8 heteroatoms. The summed E-state index contributed by atoms with van der Waals surface area (Å²) in [5, 5.41) is 0. The molecule has 0 fully saturated rings. The largest absolute Gasteiger partial charge is 0.494 e. The van der Waals surface area contributed by atoms with E-state index in [0.717, 1.165) is 0 Å². The lowest BCUT2D eigenvalue weighted by Crippen LogP contribution is -2.19. The zero-order valence-electron chi connectivity index (χ0n) is 13.5. The van der Waals surface area contributed by atoms with Crippen LogP contribution in [0.2, 0.25) is 0 Å². The molecule has 0 N–H and O–H groups in total. The maximum atomic E-state index is 12.7. The van der Waals surface area contributed by atoms with Crippen LogP contribution >= 0.6 is 7.60 Å². The minimum Gasteiger partial charge on any atom is -0.494 e. The van der Waals surface area contributed by atoms with E-state index in [1.807, 2.05) is 0 Å². The topological polar surface area (TPSA) is 71.1 Å². The lowest BCUT2D eigenvalue weighted by atomic mass is 10.3. The van der Waals surface area contributed by atoms with Gasteiger partial charge in [-0.05, 0) is 37.1 Å². The van der Waals surface area contributed by atoms with E-state index in [9.17, 15) is 13.8 Å². The van der Waals surface area contributed by atoms with E-state index >= 15 is 0 Å². The highest BCUT2D eigenvalue weighted by molar-refractivity contribution is 7.54. The molecule has 1 unspecified atom stereocenters. The first-order valence-electron chi connectivity index (χ1n) is 7.24. The smallest absolute Gasteiger partial charge is 0.370 e. The van der Waals surface area contributed by atoms with E-state index in [4.69, 9.17) is 18.5 Å². The molecule has 0 saturated heterocycles. The van der Waals surface area contributed by atoms with Crippen LogP contribution in [-0.4, -0.2) is 32.6 Å². The summed E-state index contributed by atoms with van der Waals surface area (Å²) in [6.07, 6.45) is 0.832. The first-order valence-corrected chi connectivity index (χ1v) is 8.85. The summed E-state index contributed by atoms with van der Waals surface area (Å²) in [7, 11) is -0.952. The van der Waals surface area contributed by atoms with Gasteiger partial charge in [0, 0.05) is 20.6 Å². The average molecular weight is 348 g/mol. The third-order valence-corrected chi connectivity index (χ3v) is 5.28. The van der Waals surface area contributed by atoms with Crippen LogP contribution in [0.1, 0.15) is 26.2 Å². The monoisotopic (exact) mass is 348 g/mol. The van der Waals surface area contributed by atoms with Crippen LogP contribution in [0.4, 0.5) is 4.39 Å². The fourth-order valence-electron chi connectivity index (χ4n) is 1.83. The zero-order valence-corrected chi connectivity index (χ0v) is 14.4. The first kappa shape index (κ1) is 19.6. The van der Waals surface area contributed by atoms with Crippen LogP contribution < -0.4 is 4.74 Å². The second-order valence-electron chi connectivity index (χ2n) is 4.66. The van der Waals surface area contributed by atoms with Gasteiger partial charge in [-0.25, -0.2) is 4.39 Å². The lowest BCUT2D eigenvalue weighted by molar-refractivity contribution is -0.146. The van der Waals surface area contributed by atoms with Gasteiger partial charge in [0.15, 0.2) is 0 Å². The maximum absolute atomic E-state index is 12.7. The van der Waals surface area contributed by atoms with Gasteiger partial charge in [0.05, 0.1) is 6.61 Å². The molecular formula is C15H22FO6P. The predicted octanol–water partition coefficient (Wildman–Crippen LogP) is 3.75. The molecule has 1 atom stereocenters. The second-order valence-corrected chi connectivity index (χ2v) is 7.05. The van der Waals surface area contributed by atoms with Crippen molar-refractivity contribution in [3.63, 3.8) is 0 Å². The molecule has 130 valence electrons. The van der Waals surface area contributed by atoms with Gasteiger partial charge in [-0.3, -0.25) is 9.36 Å². The van der Waals surface area contributed by atoms with E-state index in [2.05, 4.69) is 0 Å². The molecule has 0 aliphatic carbocycles. The maximum Gasteiger partial charge on any atom is 0.370 e. The summed E-state index contributed by atoms with van der Waals surface area (Å²) >= 11 is 0. The summed E-state index contributed by atoms with van der Waals surface area (Å²) in [6, 6.07) is 5.60. The van der Waals surface area contributed by atoms with Gasteiger partial charge < -0.3 is 18.5 Å². The molecule has 0 aliphatic rings. The summed E-state index contributed by atoms with van der Waals surface area (Å²) in [4.78, 5) is 11.8. The van der Waals surface area contributed by atoms with Gasteiger partial charge in [-0.15, -0.1) is 0 Å². The molecule has 6 nitrogen and oxygen atoms in total. The number of benzene rings is 1. The Bertz CT molecular complexity index is 525. The Morgan fingerprint density at radius 2 is 1.83 bits per heavy atom. The molecule has 0 radical (unpaired) electrons. The van der Waals surface area contributed by atoms with Crippen molar-refractivity contribution >= 4 is 13.6 Å². The van der Waals surface area contributed by atoms with Crippen molar-refractivity contribution in [1.82, 2.24) is 0 Å². The Hall–Kier alpha value is -1.43. The van der Waals surface area contributed by atoms with E-state index in [1.165, 1.54) is 38.5 Å². The van der Waals surface area contributed by atoms with Crippen LogP contribution in [0.3, 0.4) is 0 Å². The van der Waals surface area contributed by atoms with Crippen LogP contribution in [0.25, 0.3) is 0 Å². The third-order valence-electron chi connectivity index (χ3n) is 3.09. The van der Waals surface area contributed by atoms with Crippen molar-refractivity contribution in [2.75, 3.05) is 20.8 Å². The van der Waals surface area contributed by atoms with Gasteiger partial charge >= 0.3 is 13.6 Å². The fourth-order valence-corrected chi connectivity index (χ4v) is 3.14. The van der Waals surface area contributed by atoms with Gasteiger partial charge in [-0.2, -0.15) is 0 Å². The molecule has 0 heterocycles. The Labute approximate surface area is 135 Å².